The van der Waals surface area contributed by atoms with Crippen LogP contribution in [0.15, 0.2) is 36.8 Å². The zero-order valence-electron chi connectivity index (χ0n) is 19.5. The normalized spacial score (nSPS) is 14.9. The van der Waals surface area contributed by atoms with E-state index in [1.54, 1.807) is 11.3 Å². The third-order valence-corrected chi connectivity index (χ3v) is 7.13. The number of nitrogens with zero attached hydrogens (tertiary/aromatic N) is 7. The summed E-state index contributed by atoms with van der Waals surface area (Å²) in [5, 5.41) is 18.1. The molecule has 8 nitrogen and oxygen atoms in total. The van der Waals surface area contributed by atoms with E-state index < -0.39 is 0 Å². The molecular formula is C24H30N8S. The Kier molecular flexibility index (Phi) is 6.07. The molecule has 5 rings (SSSR count). The molecule has 4 aromatic rings. The molecule has 1 aliphatic rings. The average molecular weight is 463 g/mol. The first-order valence-electron chi connectivity index (χ1n) is 11.6. The maximum atomic E-state index is 4.76. The number of aromatic nitrogens is 6. The smallest absolute Gasteiger partial charge is 0.211 e. The predicted molar refractivity (Wildman–Crippen MR) is 133 cm³/mol. The maximum Gasteiger partial charge on any atom is 0.211 e. The molecule has 4 aromatic heterocycles. The second-order valence-corrected chi connectivity index (χ2v) is 10.6. The fourth-order valence-electron chi connectivity index (χ4n) is 4.02. The van der Waals surface area contributed by atoms with E-state index in [0.717, 1.165) is 57.6 Å². The van der Waals surface area contributed by atoms with Crippen LogP contribution in [0.5, 0.6) is 0 Å². The van der Waals surface area contributed by atoms with Gasteiger partial charge < -0.3 is 10.2 Å². The summed E-state index contributed by atoms with van der Waals surface area (Å²) in [7, 11) is 0. The molecule has 1 aliphatic heterocycles. The Bertz CT molecular complexity index is 1230. The third kappa shape index (κ3) is 5.20. The second-order valence-electron chi connectivity index (χ2n) is 9.64. The standard InChI is InChI=1S/C24H30N8S/c1-24(2,3)22-29-30-23(33-22)28-21-8-7-19-20(27-21)13-17(14-25-19)18-15-26-32(16-18)12-6-11-31-9-4-5-10-31/h7-8,13-16H,4-6,9-12H2,1-3H3,(H,27,28,30). The van der Waals surface area contributed by atoms with Crippen LogP contribution in [0, 0.1) is 0 Å². The van der Waals surface area contributed by atoms with Crippen molar-refractivity contribution < 1.29 is 0 Å². The van der Waals surface area contributed by atoms with E-state index in [-0.39, 0.29) is 5.41 Å². The Labute approximate surface area is 198 Å². The molecule has 0 radical (unpaired) electrons. The molecule has 172 valence electrons. The van der Waals surface area contributed by atoms with Crippen molar-refractivity contribution in [3.63, 3.8) is 0 Å². The minimum absolute atomic E-state index is 0.0220. The highest BCUT2D eigenvalue weighted by molar-refractivity contribution is 7.15. The lowest BCUT2D eigenvalue weighted by Gasteiger charge is -2.13. The molecule has 5 heterocycles. The summed E-state index contributed by atoms with van der Waals surface area (Å²) in [6, 6.07) is 5.97. The topological polar surface area (TPSA) is 84.7 Å². The Morgan fingerprint density at radius 1 is 1.00 bits per heavy atom. The van der Waals surface area contributed by atoms with E-state index in [9.17, 15) is 0 Å². The lowest BCUT2D eigenvalue weighted by atomic mass is 9.98. The van der Waals surface area contributed by atoms with Crippen molar-refractivity contribution in [3.05, 3.63) is 41.8 Å². The number of hydrogen-bond acceptors (Lipinski definition) is 8. The van der Waals surface area contributed by atoms with E-state index in [1.807, 2.05) is 29.2 Å². The molecule has 1 fully saturated rings. The monoisotopic (exact) mass is 462 g/mol. The van der Waals surface area contributed by atoms with Gasteiger partial charge in [-0.15, -0.1) is 10.2 Å². The Morgan fingerprint density at radius 2 is 1.85 bits per heavy atom. The first-order chi connectivity index (χ1) is 15.9. The van der Waals surface area contributed by atoms with Gasteiger partial charge in [-0.3, -0.25) is 9.67 Å². The number of anilines is 2. The first-order valence-corrected chi connectivity index (χ1v) is 12.4. The van der Waals surface area contributed by atoms with Gasteiger partial charge in [-0.05, 0) is 57.1 Å². The number of aryl methyl sites for hydroxylation is 1. The molecule has 9 heteroatoms. The van der Waals surface area contributed by atoms with Gasteiger partial charge in [0, 0.05) is 35.5 Å². The van der Waals surface area contributed by atoms with Crippen molar-refractivity contribution in [3.8, 4) is 11.1 Å². The van der Waals surface area contributed by atoms with Crippen LogP contribution in [0.3, 0.4) is 0 Å². The van der Waals surface area contributed by atoms with Gasteiger partial charge in [0.2, 0.25) is 5.13 Å². The highest BCUT2D eigenvalue weighted by Crippen LogP contribution is 2.29. The van der Waals surface area contributed by atoms with Crippen LogP contribution >= 0.6 is 11.3 Å². The largest absolute Gasteiger partial charge is 0.315 e. The van der Waals surface area contributed by atoms with Gasteiger partial charge in [-0.2, -0.15) is 5.10 Å². The van der Waals surface area contributed by atoms with Crippen molar-refractivity contribution >= 4 is 33.3 Å². The number of rotatable bonds is 7. The molecule has 0 spiro atoms. The number of hydrogen-bond donors (Lipinski definition) is 1. The van der Waals surface area contributed by atoms with Crippen LogP contribution in [0.4, 0.5) is 10.9 Å². The summed E-state index contributed by atoms with van der Waals surface area (Å²) in [6.07, 6.45) is 9.70. The summed E-state index contributed by atoms with van der Waals surface area (Å²) in [5.41, 5.74) is 3.75. The van der Waals surface area contributed by atoms with E-state index >= 15 is 0 Å². The number of pyridine rings is 2. The molecule has 0 atom stereocenters. The van der Waals surface area contributed by atoms with E-state index in [2.05, 4.69) is 63.5 Å². The van der Waals surface area contributed by atoms with Crippen molar-refractivity contribution in [2.75, 3.05) is 25.0 Å². The Balaban J connectivity index is 1.28. The zero-order valence-corrected chi connectivity index (χ0v) is 20.3. The fraction of sp³-hybridized carbons (Fsp3) is 0.458. The first kappa shape index (κ1) is 21.9. The lowest BCUT2D eigenvalue weighted by Crippen LogP contribution is -2.21. The Morgan fingerprint density at radius 3 is 2.64 bits per heavy atom. The molecule has 1 N–H and O–H groups in total. The fourth-order valence-corrected chi connectivity index (χ4v) is 4.83. The molecule has 0 aliphatic carbocycles. The summed E-state index contributed by atoms with van der Waals surface area (Å²) in [4.78, 5) is 11.9. The maximum absolute atomic E-state index is 4.76. The quantitative estimate of drug-likeness (QED) is 0.419. The van der Waals surface area contributed by atoms with E-state index in [1.165, 1.54) is 25.9 Å². The van der Waals surface area contributed by atoms with Crippen molar-refractivity contribution in [2.24, 2.45) is 0 Å². The predicted octanol–water partition coefficient (Wildman–Crippen LogP) is 4.87. The number of likely N-dealkylation sites (tertiary alicyclic amines) is 1. The second kappa shape index (κ2) is 9.15. The van der Waals surface area contributed by atoms with Crippen LogP contribution < -0.4 is 5.32 Å². The molecule has 0 saturated carbocycles. The van der Waals surface area contributed by atoms with Crippen LogP contribution in [0.25, 0.3) is 22.2 Å². The average Bonchev–Trinajstić information content (AvgIpc) is 3.55. The van der Waals surface area contributed by atoms with Crippen LogP contribution in [-0.4, -0.2) is 54.5 Å². The van der Waals surface area contributed by atoms with Gasteiger partial charge in [0.1, 0.15) is 10.8 Å². The van der Waals surface area contributed by atoms with Crippen LogP contribution in [-0.2, 0) is 12.0 Å². The minimum Gasteiger partial charge on any atom is -0.315 e. The molecule has 1 saturated heterocycles. The summed E-state index contributed by atoms with van der Waals surface area (Å²) >= 11 is 1.55. The molecule has 0 aromatic carbocycles. The number of fused-ring (bicyclic) bond motifs is 1. The van der Waals surface area contributed by atoms with Crippen LogP contribution in [0.1, 0.15) is 45.0 Å². The lowest BCUT2D eigenvalue weighted by molar-refractivity contribution is 0.322. The van der Waals surface area contributed by atoms with Crippen molar-refractivity contribution in [2.45, 2.75) is 52.0 Å². The highest BCUT2D eigenvalue weighted by Gasteiger charge is 2.19. The van der Waals surface area contributed by atoms with Crippen molar-refractivity contribution in [1.82, 2.24) is 34.8 Å². The summed E-state index contributed by atoms with van der Waals surface area (Å²) < 4.78 is 2.03. The van der Waals surface area contributed by atoms with E-state index in [0.29, 0.717) is 0 Å². The Hall–Kier alpha value is -2.91. The van der Waals surface area contributed by atoms with Gasteiger partial charge >= 0.3 is 0 Å². The molecule has 0 bridgehead atoms. The van der Waals surface area contributed by atoms with E-state index in [4.69, 9.17) is 4.98 Å². The van der Waals surface area contributed by atoms with Crippen molar-refractivity contribution in [1.29, 1.82) is 0 Å². The van der Waals surface area contributed by atoms with Gasteiger partial charge in [-0.1, -0.05) is 32.1 Å². The molecule has 0 amide bonds. The summed E-state index contributed by atoms with van der Waals surface area (Å²) in [6.45, 7) is 11.0. The van der Waals surface area contributed by atoms with Gasteiger partial charge in [0.25, 0.3) is 0 Å². The van der Waals surface area contributed by atoms with Gasteiger partial charge in [0.05, 0.1) is 17.2 Å². The molecular weight excluding hydrogens is 432 g/mol. The van der Waals surface area contributed by atoms with Gasteiger partial charge in [-0.25, -0.2) is 4.98 Å². The minimum atomic E-state index is -0.0220. The van der Waals surface area contributed by atoms with Crippen LogP contribution in [0.2, 0.25) is 0 Å². The van der Waals surface area contributed by atoms with Gasteiger partial charge in [0.15, 0.2) is 0 Å². The third-order valence-electron chi connectivity index (χ3n) is 5.87. The molecule has 33 heavy (non-hydrogen) atoms. The SMILES string of the molecule is CC(C)(C)c1nnc(Nc2ccc3ncc(-c4cnn(CCCN5CCCC5)c4)cc3n2)s1. The summed E-state index contributed by atoms with van der Waals surface area (Å²) in [5.74, 6) is 0.732. The molecule has 0 unspecified atom stereocenters. The number of nitrogens with one attached hydrogen (secondary N) is 1. The zero-order chi connectivity index (χ0) is 22.8. The highest BCUT2D eigenvalue weighted by atomic mass is 32.1.